The van der Waals surface area contributed by atoms with Crippen LogP contribution in [0.1, 0.15) is 22.3 Å². The van der Waals surface area contributed by atoms with E-state index in [9.17, 15) is 4.79 Å². The molecule has 3 rings (SSSR count). The summed E-state index contributed by atoms with van der Waals surface area (Å²) in [6.45, 7) is 4.36. The summed E-state index contributed by atoms with van der Waals surface area (Å²) in [5.41, 5.74) is 6.54. The van der Waals surface area contributed by atoms with Crippen LogP contribution < -0.4 is 14.9 Å². The van der Waals surface area contributed by atoms with Gasteiger partial charge in [-0.3, -0.25) is 4.79 Å². The molecule has 0 saturated heterocycles. The van der Waals surface area contributed by atoms with Gasteiger partial charge in [0.25, 0.3) is 5.91 Å². The molecule has 3 aromatic carbocycles. The maximum atomic E-state index is 11.9. The molecular formula is C24H24N2O3. The lowest BCUT2D eigenvalue weighted by Crippen LogP contribution is -2.24. The summed E-state index contributed by atoms with van der Waals surface area (Å²) in [5.74, 6) is 1.11. The molecule has 0 aliphatic rings. The highest BCUT2D eigenvalue weighted by Crippen LogP contribution is 2.18. The first-order chi connectivity index (χ1) is 14.1. The lowest BCUT2D eigenvalue weighted by atomic mass is 10.1. The van der Waals surface area contributed by atoms with E-state index in [1.165, 1.54) is 0 Å². The number of carbonyl (C=O) groups excluding carboxylic acids is 1. The monoisotopic (exact) mass is 388 g/mol. The highest BCUT2D eigenvalue weighted by Gasteiger charge is 2.04. The Kier molecular flexibility index (Phi) is 7.00. The Bertz CT molecular complexity index is 984. The van der Waals surface area contributed by atoms with Crippen molar-refractivity contribution in [2.75, 3.05) is 6.61 Å². The summed E-state index contributed by atoms with van der Waals surface area (Å²) in [6.07, 6.45) is 1.57. The van der Waals surface area contributed by atoms with Crippen LogP contribution in [-0.4, -0.2) is 18.7 Å². The molecule has 0 radical (unpaired) electrons. The van der Waals surface area contributed by atoms with Gasteiger partial charge in [-0.2, -0.15) is 5.10 Å². The summed E-state index contributed by atoms with van der Waals surface area (Å²) >= 11 is 0. The van der Waals surface area contributed by atoms with Crippen LogP contribution in [0.15, 0.2) is 77.9 Å². The first-order valence-electron chi connectivity index (χ1n) is 9.39. The SMILES string of the molecule is Cc1ccc(OCC(=O)N/N=C\c2cccc(OCc3ccccc3)c2)c(C)c1. The largest absolute Gasteiger partial charge is 0.489 e. The van der Waals surface area contributed by atoms with Crippen molar-refractivity contribution in [3.8, 4) is 11.5 Å². The Morgan fingerprint density at radius 3 is 2.59 bits per heavy atom. The van der Waals surface area contributed by atoms with Gasteiger partial charge in [-0.1, -0.05) is 60.2 Å². The van der Waals surface area contributed by atoms with Crippen LogP contribution in [0.5, 0.6) is 11.5 Å². The molecule has 0 aliphatic heterocycles. The van der Waals surface area contributed by atoms with Crippen molar-refractivity contribution in [3.05, 3.63) is 95.1 Å². The van der Waals surface area contributed by atoms with Crippen molar-refractivity contribution in [3.63, 3.8) is 0 Å². The number of amides is 1. The lowest BCUT2D eigenvalue weighted by molar-refractivity contribution is -0.123. The van der Waals surface area contributed by atoms with Crippen molar-refractivity contribution in [1.82, 2.24) is 5.43 Å². The van der Waals surface area contributed by atoms with Gasteiger partial charge in [0.2, 0.25) is 0 Å². The molecule has 0 spiro atoms. The van der Waals surface area contributed by atoms with E-state index in [0.29, 0.717) is 12.4 Å². The van der Waals surface area contributed by atoms with Gasteiger partial charge in [0, 0.05) is 0 Å². The van der Waals surface area contributed by atoms with Gasteiger partial charge in [-0.15, -0.1) is 0 Å². The number of hydrogen-bond acceptors (Lipinski definition) is 4. The van der Waals surface area contributed by atoms with E-state index in [1.54, 1.807) is 6.21 Å². The molecule has 0 aromatic heterocycles. The molecule has 0 aliphatic carbocycles. The zero-order valence-electron chi connectivity index (χ0n) is 16.6. The van der Waals surface area contributed by atoms with Crippen LogP contribution in [-0.2, 0) is 11.4 Å². The minimum atomic E-state index is -0.322. The normalized spacial score (nSPS) is 10.7. The smallest absolute Gasteiger partial charge is 0.277 e. The van der Waals surface area contributed by atoms with Crippen LogP contribution in [0.2, 0.25) is 0 Å². The molecule has 0 fully saturated rings. The van der Waals surface area contributed by atoms with Gasteiger partial charge in [0.1, 0.15) is 18.1 Å². The molecule has 0 bridgehead atoms. The second-order valence-electron chi connectivity index (χ2n) is 6.70. The number of nitrogens with one attached hydrogen (secondary N) is 1. The third-order valence-electron chi connectivity index (χ3n) is 4.20. The molecule has 0 unspecified atom stereocenters. The number of hydrazone groups is 1. The molecule has 0 saturated carbocycles. The van der Waals surface area contributed by atoms with E-state index in [0.717, 1.165) is 28.0 Å². The molecule has 0 heterocycles. The number of hydrogen-bond donors (Lipinski definition) is 1. The summed E-state index contributed by atoms with van der Waals surface area (Å²) < 4.78 is 11.3. The summed E-state index contributed by atoms with van der Waals surface area (Å²) in [7, 11) is 0. The van der Waals surface area contributed by atoms with Gasteiger partial charge in [0.05, 0.1) is 6.21 Å². The molecule has 5 heteroatoms. The van der Waals surface area contributed by atoms with Crippen molar-refractivity contribution in [2.24, 2.45) is 5.10 Å². The standard InChI is InChI=1S/C24H24N2O3/c1-18-11-12-23(19(2)13-18)29-17-24(27)26-25-15-21-9-6-10-22(14-21)28-16-20-7-4-3-5-8-20/h3-15H,16-17H2,1-2H3,(H,26,27)/b25-15-. The number of benzene rings is 3. The summed E-state index contributed by atoms with van der Waals surface area (Å²) in [5, 5.41) is 3.99. The Morgan fingerprint density at radius 2 is 1.79 bits per heavy atom. The van der Waals surface area contributed by atoms with E-state index < -0.39 is 0 Å². The highest BCUT2D eigenvalue weighted by atomic mass is 16.5. The fourth-order valence-electron chi connectivity index (χ4n) is 2.74. The lowest BCUT2D eigenvalue weighted by Gasteiger charge is -2.08. The van der Waals surface area contributed by atoms with Gasteiger partial charge in [-0.05, 0) is 48.7 Å². The number of rotatable bonds is 8. The van der Waals surface area contributed by atoms with E-state index in [2.05, 4.69) is 10.5 Å². The van der Waals surface area contributed by atoms with E-state index in [1.807, 2.05) is 86.6 Å². The summed E-state index contributed by atoms with van der Waals surface area (Å²) in [6, 6.07) is 23.3. The zero-order valence-corrected chi connectivity index (χ0v) is 16.6. The van der Waals surface area contributed by atoms with E-state index in [-0.39, 0.29) is 12.5 Å². The van der Waals surface area contributed by atoms with Crippen LogP contribution in [0.25, 0.3) is 0 Å². The quantitative estimate of drug-likeness (QED) is 0.459. The van der Waals surface area contributed by atoms with E-state index >= 15 is 0 Å². The fourth-order valence-corrected chi connectivity index (χ4v) is 2.74. The average molecular weight is 388 g/mol. The number of carbonyl (C=O) groups is 1. The molecular weight excluding hydrogens is 364 g/mol. The van der Waals surface area contributed by atoms with Crippen molar-refractivity contribution < 1.29 is 14.3 Å². The van der Waals surface area contributed by atoms with Crippen LogP contribution >= 0.6 is 0 Å². The highest BCUT2D eigenvalue weighted by molar-refractivity contribution is 5.83. The predicted octanol–water partition coefficient (Wildman–Crippen LogP) is 4.41. The third-order valence-corrected chi connectivity index (χ3v) is 4.20. The first-order valence-corrected chi connectivity index (χ1v) is 9.39. The Hall–Kier alpha value is -3.60. The Morgan fingerprint density at radius 1 is 0.966 bits per heavy atom. The second kappa shape index (κ2) is 10.1. The third kappa shape index (κ3) is 6.50. The molecule has 148 valence electrons. The fraction of sp³-hybridized carbons (Fsp3) is 0.167. The molecule has 3 aromatic rings. The van der Waals surface area contributed by atoms with Crippen LogP contribution in [0.3, 0.4) is 0 Å². The van der Waals surface area contributed by atoms with E-state index in [4.69, 9.17) is 9.47 Å². The molecule has 0 atom stereocenters. The van der Waals surface area contributed by atoms with Gasteiger partial charge in [0.15, 0.2) is 6.61 Å². The number of nitrogens with zero attached hydrogens (tertiary/aromatic N) is 1. The summed E-state index contributed by atoms with van der Waals surface area (Å²) in [4.78, 5) is 11.9. The maximum Gasteiger partial charge on any atom is 0.277 e. The van der Waals surface area contributed by atoms with Crippen LogP contribution in [0.4, 0.5) is 0 Å². The minimum Gasteiger partial charge on any atom is -0.489 e. The number of ether oxygens (including phenoxy) is 2. The zero-order chi connectivity index (χ0) is 20.5. The van der Waals surface area contributed by atoms with Crippen molar-refractivity contribution in [1.29, 1.82) is 0 Å². The Balaban J connectivity index is 1.47. The molecule has 29 heavy (non-hydrogen) atoms. The minimum absolute atomic E-state index is 0.0958. The van der Waals surface area contributed by atoms with Gasteiger partial charge in [-0.25, -0.2) is 5.43 Å². The molecule has 1 amide bonds. The van der Waals surface area contributed by atoms with Crippen molar-refractivity contribution >= 4 is 12.1 Å². The van der Waals surface area contributed by atoms with Gasteiger partial charge < -0.3 is 9.47 Å². The van der Waals surface area contributed by atoms with Gasteiger partial charge >= 0.3 is 0 Å². The van der Waals surface area contributed by atoms with Crippen LogP contribution in [0, 0.1) is 13.8 Å². The Labute approximate surface area is 171 Å². The molecule has 5 nitrogen and oxygen atoms in total. The molecule has 1 N–H and O–H groups in total. The average Bonchev–Trinajstić information content (AvgIpc) is 2.73. The topological polar surface area (TPSA) is 59.9 Å². The van der Waals surface area contributed by atoms with Crippen molar-refractivity contribution in [2.45, 2.75) is 20.5 Å². The second-order valence-corrected chi connectivity index (χ2v) is 6.70. The maximum absolute atomic E-state index is 11.9. The number of aryl methyl sites for hydroxylation is 2. The predicted molar refractivity (Wildman–Crippen MR) is 114 cm³/mol. The first kappa shape index (κ1) is 20.1.